The Hall–Kier alpha value is -2.03. The van der Waals surface area contributed by atoms with Crippen LogP contribution in [0.15, 0.2) is 42.7 Å². The standard InChI is InChI=1S/C17H23N3/c1-3-5-14-6-8-15(9-7-14)20-17-11-16(12-18-13-17)19-10-4-2/h6-9,11-13,19-20H,3-5,10H2,1-2H3. The van der Waals surface area contributed by atoms with Crippen molar-refractivity contribution < 1.29 is 0 Å². The molecule has 3 nitrogen and oxygen atoms in total. The van der Waals surface area contributed by atoms with E-state index < -0.39 is 0 Å². The number of pyridine rings is 1. The van der Waals surface area contributed by atoms with Crippen LogP contribution in [0, 0.1) is 0 Å². The fourth-order valence-corrected chi connectivity index (χ4v) is 2.08. The average molecular weight is 269 g/mol. The molecule has 2 rings (SSSR count). The van der Waals surface area contributed by atoms with Gasteiger partial charge < -0.3 is 10.6 Å². The van der Waals surface area contributed by atoms with Crippen LogP contribution in [0.3, 0.4) is 0 Å². The Morgan fingerprint density at radius 2 is 1.65 bits per heavy atom. The first-order chi connectivity index (χ1) is 9.81. The summed E-state index contributed by atoms with van der Waals surface area (Å²) >= 11 is 0. The summed E-state index contributed by atoms with van der Waals surface area (Å²) in [6, 6.07) is 10.7. The van der Waals surface area contributed by atoms with Crippen molar-refractivity contribution in [3.8, 4) is 0 Å². The van der Waals surface area contributed by atoms with Crippen molar-refractivity contribution in [2.24, 2.45) is 0 Å². The van der Waals surface area contributed by atoms with Crippen molar-refractivity contribution in [1.82, 2.24) is 4.98 Å². The molecule has 0 fully saturated rings. The van der Waals surface area contributed by atoms with Crippen molar-refractivity contribution in [2.45, 2.75) is 33.1 Å². The van der Waals surface area contributed by atoms with Gasteiger partial charge >= 0.3 is 0 Å². The van der Waals surface area contributed by atoms with Gasteiger partial charge in [-0.15, -0.1) is 0 Å². The first kappa shape index (κ1) is 14.4. The molecule has 1 aromatic carbocycles. The summed E-state index contributed by atoms with van der Waals surface area (Å²) in [6.07, 6.45) is 7.12. The molecule has 106 valence electrons. The average Bonchev–Trinajstić information content (AvgIpc) is 2.48. The molecule has 0 saturated carbocycles. The Morgan fingerprint density at radius 1 is 0.900 bits per heavy atom. The minimum absolute atomic E-state index is 0.969. The van der Waals surface area contributed by atoms with E-state index in [0.717, 1.165) is 36.4 Å². The van der Waals surface area contributed by atoms with Gasteiger partial charge in [0.25, 0.3) is 0 Å². The van der Waals surface area contributed by atoms with E-state index in [-0.39, 0.29) is 0 Å². The number of hydrogen-bond acceptors (Lipinski definition) is 3. The summed E-state index contributed by atoms with van der Waals surface area (Å²) in [5.74, 6) is 0. The van der Waals surface area contributed by atoms with Gasteiger partial charge in [0.05, 0.1) is 23.8 Å². The highest BCUT2D eigenvalue weighted by Crippen LogP contribution is 2.19. The predicted molar refractivity (Wildman–Crippen MR) is 86.7 cm³/mol. The van der Waals surface area contributed by atoms with Crippen LogP contribution >= 0.6 is 0 Å². The molecule has 20 heavy (non-hydrogen) atoms. The van der Waals surface area contributed by atoms with Crippen LogP contribution < -0.4 is 10.6 Å². The third kappa shape index (κ3) is 4.26. The molecule has 0 unspecified atom stereocenters. The highest BCUT2D eigenvalue weighted by molar-refractivity contribution is 5.63. The molecule has 0 aliphatic carbocycles. The Kier molecular flexibility index (Phi) is 5.42. The molecule has 0 saturated heterocycles. The van der Waals surface area contributed by atoms with E-state index in [1.165, 1.54) is 12.0 Å². The molecule has 0 aliphatic rings. The highest BCUT2D eigenvalue weighted by atomic mass is 14.9. The zero-order valence-corrected chi connectivity index (χ0v) is 12.3. The van der Waals surface area contributed by atoms with E-state index in [1.807, 2.05) is 12.4 Å². The summed E-state index contributed by atoms with van der Waals surface area (Å²) in [5, 5.41) is 6.73. The molecular weight excluding hydrogens is 246 g/mol. The van der Waals surface area contributed by atoms with Gasteiger partial charge in [0.2, 0.25) is 0 Å². The summed E-state index contributed by atoms with van der Waals surface area (Å²) in [6.45, 7) is 5.32. The smallest absolute Gasteiger partial charge is 0.0591 e. The first-order valence-electron chi connectivity index (χ1n) is 7.36. The van der Waals surface area contributed by atoms with E-state index in [2.05, 4.69) is 59.8 Å². The van der Waals surface area contributed by atoms with Crippen LogP contribution in [0.2, 0.25) is 0 Å². The van der Waals surface area contributed by atoms with E-state index in [0.29, 0.717) is 0 Å². The quantitative estimate of drug-likeness (QED) is 0.771. The van der Waals surface area contributed by atoms with E-state index in [9.17, 15) is 0 Å². The molecule has 0 radical (unpaired) electrons. The molecule has 0 spiro atoms. The third-order valence-corrected chi connectivity index (χ3v) is 3.10. The van der Waals surface area contributed by atoms with Crippen molar-refractivity contribution in [3.63, 3.8) is 0 Å². The highest BCUT2D eigenvalue weighted by Gasteiger charge is 1.98. The van der Waals surface area contributed by atoms with Gasteiger partial charge in [-0.25, -0.2) is 0 Å². The minimum atomic E-state index is 0.969. The van der Waals surface area contributed by atoms with Crippen LogP contribution in [-0.4, -0.2) is 11.5 Å². The fraction of sp³-hybridized carbons (Fsp3) is 0.353. The number of rotatable bonds is 7. The van der Waals surface area contributed by atoms with Gasteiger partial charge in [0, 0.05) is 12.2 Å². The number of aryl methyl sites for hydroxylation is 1. The van der Waals surface area contributed by atoms with Crippen LogP contribution in [0.1, 0.15) is 32.3 Å². The zero-order valence-electron chi connectivity index (χ0n) is 12.3. The molecule has 0 bridgehead atoms. The lowest BCUT2D eigenvalue weighted by atomic mass is 10.1. The van der Waals surface area contributed by atoms with Crippen LogP contribution in [-0.2, 0) is 6.42 Å². The van der Waals surface area contributed by atoms with E-state index >= 15 is 0 Å². The van der Waals surface area contributed by atoms with Crippen LogP contribution in [0.5, 0.6) is 0 Å². The predicted octanol–water partition coefficient (Wildman–Crippen LogP) is 4.60. The number of benzene rings is 1. The van der Waals surface area contributed by atoms with E-state index in [1.54, 1.807) is 0 Å². The minimum Gasteiger partial charge on any atom is -0.384 e. The number of hydrogen-bond donors (Lipinski definition) is 2. The second-order valence-corrected chi connectivity index (χ2v) is 4.96. The molecule has 2 N–H and O–H groups in total. The number of nitrogens with one attached hydrogen (secondary N) is 2. The Bertz CT molecular complexity index is 520. The summed E-state index contributed by atoms with van der Waals surface area (Å²) in [4.78, 5) is 4.26. The Balaban J connectivity index is 2.01. The third-order valence-electron chi connectivity index (χ3n) is 3.10. The Morgan fingerprint density at radius 3 is 2.35 bits per heavy atom. The largest absolute Gasteiger partial charge is 0.384 e. The molecule has 2 aromatic rings. The van der Waals surface area contributed by atoms with Gasteiger partial charge in [-0.2, -0.15) is 0 Å². The summed E-state index contributed by atoms with van der Waals surface area (Å²) < 4.78 is 0. The maximum Gasteiger partial charge on any atom is 0.0591 e. The maximum absolute atomic E-state index is 4.26. The second kappa shape index (κ2) is 7.53. The molecule has 0 amide bonds. The fourth-order valence-electron chi connectivity index (χ4n) is 2.08. The monoisotopic (exact) mass is 269 g/mol. The summed E-state index contributed by atoms with van der Waals surface area (Å²) in [7, 11) is 0. The topological polar surface area (TPSA) is 37.0 Å². The molecule has 1 aromatic heterocycles. The van der Waals surface area contributed by atoms with Gasteiger partial charge in [0.15, 0.2) is 0 Å². The van der Waals surface area contributed by atoms with Gasteiger partial charge in [-0.3, -0.25) is 4.98 Å². The van der Waals surface area contributed by atoms with Crippen LogP contribution in [0.4, 0.5) is 17.1 Å². The zero-order chi connectivity index (χ0) is 14.2. The summed E-state index contributed by atoms with van der Waals surface area (Å²) in [5.41, 5.74) is 4.54. The van der Waals surface area contributed by atoms with Gasteiger partial charge in [-0.05, 0) is 36.6 Å². The lowest BCUT2D eigenvalue weighted by Gasteiger charge is -2.09. The van der Waals surface area contributed by atoms with Crippen LogP contribution in [0.25, 0.3) is 0 Å². The second-order valence-electron chi connectivity index (χ2n) is 4.96. The molecule has 3 heteroatoms. The van der Waals surface area contributed by atoms with Crippen molar-refractivity contribution in [2.75, 3.05) is 17.2 Å². The molecular formula is C17H23N3. The molecule has 0 atom stereocenters. The number of aromatic nitrogens is 1. The first-order valence-corrected chi connectivity index (χ1v) is 7.36. The van der Waals surface area contributed by atoms with Crippen molar-refractivity contribution >= 4 is 17.1 Å². The number of nitrogens with zero attached hydrogens (tertiary/aromatic N) is 1. The van der Waals surface area contributed by atoms with Crippen molar-refractivity contribution in [1.29, 1.82) is 0 Å². The Labute approximate surface area is 121 Å². The number of anilines is 3. The van der Waals surface area contributed by atoms with E-state index in [4.69, 9.17) is 0 Å². The SMILES string of the molecule is CCCNc1cncc(Nc2ccc(CCC)cc2)c1. The lowest BCUT2D eigenvalue weighted by Crippen LogP contribution is -2.01. The molecule has 1 heterocycles. The maximum atomic E-state index is 4.26. The van der Waals surface area contributed by atoms with Gasteiger partial charge in [0.1, 0.15) is 0 Å². The normalized spacial score (nSPS) is 10.3. The lowest BCUT2D eigenvalue weighted by molar-refractivity contribution is 0.922. The van der Waals surface area contributed by atoms with Crippen molar-refractivity contribution in [3.05, 3.63) is 48.3 Å². The molecule has 0 aliphatic heterocycles. The van der Waals surface area contributed by atoms with Gasteiger partial charge in [-0.1, -0.05) is 32.4 Å².